The second-order valence-electron chi connectivity index (χ2n) is 4.44. The zero-order chi connectivity index (χ0) is 14.5. The van der Waals surface area contributed by atoms with E-state index in [-0.39, 0.29) is 0 Å². The van der Waals surface area contributed by atoms with E-state index in [1.807, 2.05) is 42.5 Å². The van der Waals surface area contributed by atoms with E-state index in [1.165, 1.54) is 0 Å². The fraction of sp³-hybridized carbons (Fsp3) is 0. The highest BCUT2D eigenvalue weighted by Gasteiger charge is 2.13. The number of benzene rings is 2. The molecule has 0 aliphatic carbocycles. The summed E-state index contributed by atoms with van der Waals surface area (Å²) < 4.78 is 0. The summed E-state index contributed by atoms with van der Waals surface area (Å²) in [7, 11) is 0. The van der Waals surface area contributed by atoms with Crippen LogP contribution in [0.3, 0.4) is 0 Å². The van der Waals surface area contributed by atoms with Crippen molar-refractivity contribution in [3.63, 3.8) is 0 Å². The Hall–Kier alpha value is -2.60. The molecule has 0 saturated carbocycles. The van der Waals surface area contributed by atoms with Crippen molar-refractivity contribution in [1.29, 1.82) is 0 Å². The summed E-state index contributed by atoms with van der Waals surface area (Å²) in [5.74, 6) is 0. The summed E-state index contributed by atoms with van der Waals surface area (Å²) in [5.41, 5.74) is 6.53. The zero-order valence-corrected chi connectivity index (χ0v) is 11.6. The topological polar surface area (TPSA) is 0 Å². The quantitative estimate of drug-likeness (QED) is 0.624. The van der Waals surface area contributed by atoms with Crippen LogP contribution in [0.25, 0.3) is 35.4 Å². The minimum Gasteiger partial charge on any atom is -0.0984 e. The lowest BCUT2D eigenvalue weighted by Gasteiger charge is -2.16. The van der Waals surface area contributed by atoms with Crippen molar-refractivity contribution in [2.45, 2.75) is 0 Å². The van der Waals surface area contributed by atoms with Gasteiger partial charge in [-0.15, -0.1) is 0 Å². The summed E-state index contributed by atoms with van der Waals surface area (Å²) >= 11 is 0. The van der Waals surface area contributed by atoms with Gasteiger partial charge in [0.15, 0.2) is 0 Å². The summed E-state index contributed by atoms with van der Waals surface area (Å²) in [6, 6.07) is 12.3. The molecular weight excluding hydrogens is 240 g/mol. The largest absolute Gasteiger partial charge is 0.0984 e. The first kappa shape index (κ1) is 13.8. The maximum atomic E-state index is 3.95. The highest BCUT2D eigenvalue weighted by molar-refractivity contribution is 5.90. The summed E-state index contributed by atoms with van der Waals surface area (Å²) in [6.07, 6.45) is 7.45. The van der Waals surface area contributed by atoms with Crippen LogP contribution in [0.2, 0.25) is 0 Å². The zero-order valence-electron chi connectivity index (χ0n) is 11.6. The van der Waals surface area contributed by atoms with E-state index >= 15 is 0 Å². The Bertz CT molecular complexity index is 635. The van der Waals surface area contributed by atoms with Gasteiger partial charge in [0, 0.05) is 0 Å². The molecular formula is C20H18. The smallest absolute Gasteiger partial charge is 0.00273 e. The van der Waals surface area contributed by atoms with E-state index in [4.69, 9.17) is 0 Å². The number of rotatable bonds is 5. The molecule has 0 aliphatic heterocycles. The van der Waals surface area contributed by atoms with Gasteiger partial charge in [0.1, 0.15) is 0 Å². The third-order valence-corrected chi connectivity index (χ3v) is 3.38. The van der Waals surface area contributed by atoms with Gasteiger partial charge in [-0.25, -0.2) is 0 Å². The first-order valence-corrected chi connectivity index (χ1v) is 6.53. The molecule has 0 fully saturated rings. The predicted molar refractivity (Wildman–Crippen MR) is 92.2 cm³/mol. The van der Waals surface area contributed by atoms with Crippen LogP contribution in [0.1, 0.15) is 22.3 Å². The van der Waals surface area contributed by atoms with Crippen molar-refractivity contribution in [1.82, 2.24) is 0 Å². The summed E-state index contributed by atoms with van der Waals surface area (Å²) in [6.45, 7) is 15.7. The van der Waals surface area contributed by atoms with Gasteiger partial charge in [-0.05, 0) is 39.4 Å². The molecule has 0 N–H and O–H groups in total. The molecule has 0 saturated heterocycles. The highest BCUT2D eigenvalue weighted by atomic mass is 14.2. The molecule has 2 rings (SSSR count). The average molecular weight is 258 g/mol. The third kappa shape index (κ3) is 2.28. The van der Waals surface area contributed by atoms with E-state index in [0.29, 0.717) is 0 Å². The van der Waals surface area contributed by atoms with Crippen LogP contribution < -0.4 is 0 Å². The Labute approximate surface area is 121 Å². The Morgan fingerprint density at radius 3 is 1.55 bits per heavy atom. The van der Waals surface area contributed by atoms with Crippen molar-refractivity contribution in [3.8, 4) is 11.1 Å². The van der Waals surface area contributed by atoms with Crippen LogP contribution in [0, 0.1) is 0 Å². The predicted octanol–water partition coefficient (Wildman–Crippen LogP) is 5.93. The first-order valence-electron chi connectivity index (χ1n) is 6.53. The molecule has 0 aliphatic rings. The summed E-state index contributed by atoms with van der Waals surface area (Å²) in [4.78, 5) is 0. The Balaban J connectivity index is 2.94. The van der Waals surface area contributed by atoms with Crippen molar-refractivity contribution >= 4 is 24.3 Å². The van der Waals surface area contributed by atoms with Crippen LogP contribution in [-0.2, 0) is 0 Å². The molecule has 0 unspecified atom stereocenters. The molecule has 2 aromatic rings. The van der Waals surface area contributed by atoms with Crippen LogP contribution >= 0.6 is 0 Å². The van der Waals surface area contributed by atoms with Crippen molar-refractivity contribution in [3.05, 3.63) is 85.0 Å². The van der Waals surface area contributed by atoms with Gasteiger partial charge >= 0.3 is 0 Å². The van der Waals surface area contributed by atoms with Gasteiger partial charge in [0.2, 0.25) is 0 Å². The minimum atomic E-state index is 1.05. The maximum absolute atomic E-state index is 3.95. The van der Waals surface area contributed by atoms with Crippen molar-refractivity contribution in [2.75, 3.05) is 0 Å². The molecule has 20 heavy (non-hydrogen) atoms. The molecule has 0 amide bonds. The van der Waals surface area contributed by atoms with Crippen LogP contribution in [0.15, 0.2) is 62.7 Å². The normalized spacial score (nSPS) is 9.80. The van der Waals surface area contributed by atoms with Gasteiger partial charge in [0.05, 0.1) is 0 Å². The average Bonchev–Trinajstić information content (AvgIpc) is 2.53. The first-order chi connectivity index (χ1) is 9.76. The van der Waals surface area contributed by atoms with E-state index in [2.05, 4.69) is 44.5 Å². The molecule has 0 atom stereocenters. The monoisotopic (exact) mass is 258 g/mol. The molecule has 0 heterocycles. The lowest BCUT2D eigenvalue weighted by Crippen LogP contribution is -1.95. The van der Waals surface area contributed by atoms with E-state index in [1.54, 1.807) is 0 Å². The number of hydrogen-bond donors (Lipinski definition) is 0. The third-order valence-electron chi connectivity index (χ3n) is 3.38. The Kier molecular flexibility index (Phi) is 4.17. The van der Waals surface area contributed by atoms with E-state index < -0.39 is 0 Å². The van der Waals surface area contributed by atoms with Gasteiger partial charge in [0.25, 0.3) is 0 Å². The lowest BCUT2D eigenvalue weighted by molar-refractivity contribution is 1.52. The van der Waals surface area contributed by atoms with Crippen LogP contribution in [0.5, 0.6) is 0 Å². The SMILES string of the molecule is C=Cc1cc(C=C)c(C=C)c(-c2ccccc2)c1C=C. The summed E-state index contributed by atoms with van der Waals surface area (Å²) in [5, 5.41) is 0. The van der Waals surface area contributed by atoms with Gasteiger partial charge in [-0.1, -0.05) is 81.0 Å². The molecule has 0 heteroatoms. The Morgan fingerprint density at radius 2 is 1.15 bits per heavy atom. The molecule has 98 valence electrons. The standard InChI is InChI=1S/C20H18/c1-5-15-14-16(6-2)19(8-4)20(18(15)7-3)17-12-10-9-11-13-17/h5-14H,1-4H2. The fourth-order valence-corrected chi connectivity index (χ4v) is 2.45. The molecule has 0 radical (unpaired) electrons. The fourth-order valence-electron chi connectivity index (χ4n) is 2.45. The van der Waals surface area contributed by atoms with Crippen molar-refractivity contribution in [2.24, 2.45) is 0 Å². The molecule has 0 bridgehead atoms. The van der Waals surface area contributed by atoms with Crippen LogP contribution in [-0.4, -0.2) is 0 Å². The molecule has 0 nitrogen and oxygen atoms in total. The molecule has 0 spiro atoms. The van der Waals surface area contributed by atoms with E-state index in [9.17, 15) is 0 Å². The lowest BCUT2D eigenvalue weighted by atomic mass is 9.87. The molecule has 0 aromatic heterocycles. The highest BCUT2D eigenvalue weighted by Crippen LogP contribution is 2.35. The van der Waals surface area contributed by atoms with Crippen LogP contribution in [0.4, 0.5) is 0 Å². The maximum Gasteiger partial charge on any atom is -0.00273 e. The second kappa shape index (κ2) is 6.03. The van der Waals surface area contributed by atoms with Gasteiger partial charge in [-0.2, -0.15) is 0 Å². The van der Waals surface area contributed by atoms with Gasteiger partial charge < -0.3 is 0 Å². The number of hydrogen-bond acceptors (Lipinski definition) is 0. The minimum absolute atomic E-state index is 1.05. The molecule has 2 aromatic carbocycles. The second-order valence-corrected chi connectivity index (χ2v) is 4.44. The Morgan fingerprint density at radius 1 is 0.650 bits per heavy atom. The van der Waals surface area contributed by atoms with E-state index in [0.717, 1.165) is 33.4 Å². The van der Waals surface area contributed by atoms with Crippen molar-refractivity contribution < 1.29 is 0 Å². The van der Waals surface area contributed by atoms with Gasteiger partial charge in [-0.3, -0.25) is 0 Å².